The van der Waals surface area contributed by atoms with E-state index in [9.17, 15) is 0 Å². The average molecular weight is 530 g/mol. The SMILES string of the molecule is Cc1ccc2c(c1C)-c1c([c-]c(C3=CC=CC3)c(C)c1C)C2.[Cl-].[Cl-].[Zr+2]=[C]1CCCCC1. The molecule has 0 atom stereocenters. The number of allylic oxidation sites excluding steroid dienone is 4. The van der Waals surface area contributed by atoms with Gasteiger partial charge in [0.15, 0.2) is 0 Å². The van der Waals surface area contributed by atoms with Gasteiger partial charge >= 0.3 is 59.5 Å². The monoisotopic (exact) mass is 527 g/mol. The molecule has 0 spiro atoms. The number of hydrogen-bond donors (Lipinski definition) is 0. The zero-order valence-electron chi connectivity index (χ0n) is 19.1. The Bertz CT molecular complexity index is 1040. The Morgan fingerprint density at radius 3 is 2.13 bits per heavy atom. The van der Waals surface area contributed by atoms with Gasteiger partial charge in [-0.1, -0.05) is 49.3 Å². The number of fused-ring (bicyclic) bond motifs is 3. The Hall–Kier alpha value is -0.747. The zero-order chi connectivity index (χ0) is 20.5. The Morgan fingerprint density at radius 2 is 1.55 bits per heavy atom. The first-order valence-corrected chi connectivity index (χ1v) is 12.3. The van der Waals surface area contributed by atoms with Gasteiger partial charge in [0, 0.05) is 0 Å². The molecule has 0 radical (unpaired) electrons. The minimum absolute atomic E-state index is 0. The fourth-order valence-corrected chi connectivity index (χ4v) is 5.74. The molecule has 3 aliphatic carbocycles. The second-order valence-electron chi connectivity index (χ2n) is 8.81. The summed E-state index contributed by atoms with van der Waals surface area (Å²) < 4.78 is 1.80. The third-order valence-corrected chi connectivity index (χ3v) is 8.11. The summed E-state index contributed by atoms with van der Waals surface area (Å²) in [5, 5.41) is 0. The van der Waals surface area contributed by atoms with Gasteiger partial charge in [-0.25, -0.2) is 0 Å². The first-order valence-electron chi connectivity index (χ1n) is 11.0. The van der Waals surface area contributed by atoms with Gasteiger partial charge in [-0.2, -0.15) is 0 Å². The summed E-state index contributed by atoms with van der Waals surface area (Å²) in [6.45, 7) is 9.01. The van der Waals surface area contributed by atoms with Gasteiger partial charge in [-0.3, -0.25) is 0 Å². The molecule has 0 nitrogen and oxygen atoms in total. The molecule has 0 N–H and O–H groups in total. The molecule has 2 aromatic carbocycles. The van der Waals surface area contributed by atoms with Crippen LogP contribution in [-0.4, -0.2) is 3.21 Å². The quantitative estimate of drug-likeness (QED) is 0.417. The van der Waals surface area contributed by atoms with Gasteiger partial charge in [0.2, 0.25) is 0 Å². The number of halogens is 2. The standard InChI is InChI=1S/C22H21.C6H10.2ClH.Zr/c1-13-9-10-18-11-19-12-20(17-7-5-6-8-17)15(3)16(4)22(19)21(18)14(13)2;1-2-4-6-5-3-1;;;/h5-7,9-10H,8,11H2,1-4H3;1-5H2;2*1H;/q-1;;;;+2/p-2. The molecule has 3 aliphatic rings. The summed E-state index contributed by atoms with van der Waals surface area (Å²) >= 11 is 1.69. The Morgan fingerprint density at radius 1 is 0.839 bits per heavy atom. The van der Waals surface area contributed by atoms with E-state index in [0.29, 0.717) is 0 Å². The van der Waals surface area contributed by atoms with E-state index in [0.717, 1.165) is 12.8 Å². The molecule has 0 aliphatic heterocycles. The van der Waals surface area contributed by atoms with Crippen molar-refractivity contribution in [2.45, 2.75) is 72.6 Å². The normalized spacial score (nSPS) is 15.8. The third-order valence-electron chi connectivity index (χ3n) is 6.88. The van der Waals surface area contributed by atoms with Gasteiger partial charge in [0.1, 0.15) is 0 Å². The van der Waals surface area contributed by atoms with Crippen LogP contribution < -0.4 is 24.8 Å². The van der Waals surface area contributed by atoms with Crippen LogP contribution >= 0.6 is 0 Å². The van der Waals surface area contributed by atoms with Crippen LogP contribution in [0.5, 0.6) is 0 Å². The van der Waals surface area contributed by atoms with E-state index < -0.39 is 0 Å². The van der Waals surface area contributed by atoms with E-state index >= 15 is 0 Å². The van der Waals surface area contributed by atoms with Crippen LogP contribution in [0.2, 0.25) is 0 Å². The van der Waals surface area contributed by atoms with Crippen molar-refractivity contribution in [3.8, 4) is 11.1 Å². The molecule has 5 rings (SSSR count). The predicted molar refractivity (Wildman–Crippen MR) is 122 cm³/mol. The van der Waals surface area contributed by atoms with Gasteiger partial charge < -0.3 is 24.8 Å². The molecule has 0 saturated heterocycles. The summed E-state index contributed by atoms with van der Waals surface area (Å²) in [5.41, 5.74) is 14.1. The van der Waals surface area contributed by atoms with Gasteiger partial charge in [0.25, 0.3) is 0 Å². The first-order chi connectivity index (χ1) is 14.0. The number of aryl methyl sites for hydroxylation is 1. The molecule has 162 valence electrons. The van der Waals surface area contributed by atoms with E-state index in [2.05, 4.69) is 64.1 Å². The van der Waals surface area contributed by atoms with Crippen molar-refractivity contribution in [3.63, 3.8) is 0 Å². The van der Waals surface area contributed by atoms with Crippen molar-refractivity contribution in [1.82, 2.24) is 0 Å². The summed E-state index contributed by atoms with van der Waals surface area (Å²) in [6, 6.07) is 8.32. The van der Waals surface area contributed by atoms with Crippen LogP contribution in [0, 0.1) is 33.8 Å². The molecule has 0 bridgehead atoms. The fraction of sp³-hybridized carbons (Fsp3) is 0.393. The van der Waals surface area contributed by atoms with E-state index in [1.807, 2.05) is 0 Å². The van der Waals surface area contributed by atoms with Gasteiger partial charge in [-0.15, -0.1) is 40.0 Å². The van der Waals surface area contributed by atoms with Crippen molar-refractivity contribution >= 4 is 8.78 Å². The summed E-state index contributed by atoms with van der Waals surface area (Å²) in [4.78, 5) is 0. The van der Waals surface area contributed by atoms with Crippen LogP contribution in [0.3, 0.4) is 0 Å². The van der Waals surface area contributed by atoms with Gasteiger partial charge in [0.05, 0.1) is 0 Å². The summed E-state index contributed by atoms with van der Waals surface area (Å²) in [7, 11) is 0. The van der Waals surface area contributed by atoms with Crippen LogP contribution in [0.15, 0.2) is 30.4 Å². The van der Waals surface area contributed by atoms with Gasteiger partial charge in [-0.05, 0) is 43.4 Å². The number of rotatable bonds is 1. The molecule has 2 aromatic rings. The Labute approximate surface area is 215 Å². The molecule has 0 heterocycles. The molecule has 1 saturated carbocycles. The molecule has 1 fully saturated rings. The molecule has 0 amide bonds. The Balaban J connectivity index is 0.000000327. The van der Waals surface area contributed by atoms with Crippen molar-refractivity contribution in [1.29, 1.82) is 0 Å². The molecule has 0 aromatic heterocycles. The van der Waals surface area contributed by atoms with Crippen molar-refractivity contribution in [3.05, 3.63) is 75.4 Å². The summed E-state index contributed by atoms with van der Waals surface area (Å²) in [5.74, 6) is 0. The topological polar surface area (TPSA) is 0 Å². The van der Waals surface area contributed by atoms with Crippen LogP contribution in [0.25, 0.3) is 16.7 Å². The van der Waals surface area contributed by atoms with Crippen molar-refractivity contribution in [2.75, 3.05) is 0 Å². The molecule has 31 heavy (non-hydrogen) atoms. The van der Waals surface area contributed by atoms with E-state index in [-0.39, 0.29) is 24.8 Å². The molecular formula is C28H31Cl2Zr-. The maximum atomic E-state index is 3.76. The molecular weight excluding hydrogens is 498 g/mol. The number of hydrogen-bond acceptors (Lipinski definition) is 0. The van der Waals surface area contributed by atoms with Crippen LogP contribution in [-0.2, 0) is 30.7 Å². The number of benzene rings is 2. The van der Waals surface area contributed by atoms with E-state index in [1.54, 1.807) is 27.4 Å². The third kappa shape index (κ3) is 5.43. The van der Waals surface area contributed by atoms with Crippen LogP contribution in [0.4, 0.5) is 0 Å². The van der Waals surface area contributed by atoms with Crippen LogP contribution in [0.1, 0.15) is 77.5 Å². The molecule has 0 unspecified atom stereocenters. The van der Waals surface area contributed by atoms with Crippen molar-refractivity contribution < 1.29 is 49.0 Å². The summed E-state index contributed by atoms with van der Waals surface area (Å²) in [6.07, 6.45) is 16.0. The first kappa shape index (κ1) is 26.5. The second kappa shape index (κ2) is 11.4. The van der Waals surface area contributed by atoms with E-state index in [1.165, 1.54) is 87.7 Å². The maximum absolute atomic E-state index is 3.76. The van der Waals surface area contributed by atoms with Crippen molar-refractivity contribution in [2.24, 2.45) is 0 Å². The fourth-order valence-electron chi connectivity index (χ4n) is 4.87. The predicted octanol–water partition coefficient (Wildman–Crippen LogP) is 1.31. The minimum atomic E-state index is 0. The second-order valence-corrected chi connectivity index (χ2v) is 10.5. The average Bonchev–Trinajstić information content (AvgIpc) is 3.37. The van der Waals surface area contributed by atoms with E-state index in [4.69, 9.17) is 0 Å². The molecule has 3 heteroatoms. The zero-order valence-corrected chi connectivity index (χ0v) is 23.1. The Kier molecular flexibility index (Phi) is 9.75.